The summed E-state index contributed by atoms with van der Waals surface area (Å²) in [6.07, 6.45) is 14.3. The van der Waals surface area contributed by atoms with Crippen molar-refractivity contribution in [2.45, 2.75) is 148 Å². The van der Waals surface area contributed by atoms with E-state index in [1.807, 2.05) is 0 Å². The molecule has 0 bridgehead atoms. The lowest BCUT2D eigenvalue weighted by Crippen LogP contribution is -2.45. The van der Waals surface area contributed by atoms with Crippen molar-refractivity contribution in [3.8, 4) is 0 Å². The molecule has 9 N–H and O–H groups in total. The molecule has 20 heteroatoms. The monoisotopic (exact) mass is 1180 g/mol. The molecule has 0 radical (unpaired) electrons. The maximum absolute atomic E-state index is 12.7. The predicted molar refractivity (Wildman–Crippen MR) is 335 cm³/mol. The summed E-state index contributed by atoms with van der Waals surface area (Å²) in [7, 11) is 2.13. The minimum absolute atomic E-state index is 0.000559. The second-order valence-electron chi connectivity index (χ2n) is 23.7. The standard InChI is InChI=1S/C66H84N10O10/c1-64(2,3)86-63(85)72-52(62(83)84)42-44(61(81)82)22-21-31-58(78)70-45-32-36-47(37-33-45)73-74-48-38-34-46(35-39-48)71-59(79)43-69-60(80)51(67)25-18-19-40-68-57(77)30-13-10-20-41-76-54-27-17-15-24-50(54)66(6,7)56(76)29-12-9-11-28-55-65(4,5)49-23-14-16-26-53(49)75(55)8/h9,11-12,14-17,23-24,26-29,32-39,44,51-52H,10,13,18-22,25,30-31,40-43,67H2,1-8H3,(H6-,68,69,70,71,72,73,74,77,78,79,80,81,82,83,84,85)/p+1/t44-,51-,52-/m0/s1. The number of para-hydroxylation sites is 2. The van der Waals surface area contributed by atoms with Gasteiger partial charge in [-0.2, -0.15) is 14.8 Å². The first-order valence-electron chi connectivity index (χ1n) is 29.4. The number of amides is 5. The number of nitrogens with zero attached hydrogens (tertiary/aromatic N) is 4. The second-order valence-corrected chi connectivity index (χ2v) is 23.7. The Hall–Kier alpha value is -8.78. The summed E-state index contributed by atoms with van der Waals surface area (Å²) in [6.45, 7) is 15.0. The minimum Gasteiger partial charge on any atom is -0.481 e. The van der Waals surface area contributed by atoms with Gasteiger partial charge in [-0.15, -0.1) is 0 Å². The van der Waals surface area contributed by atoms with Gasteiger partial charge in [0, 0.05) is 78.7 Å². The lowest BCUT2D eigenvalue weighted by molar-refractivity contribution is -0.438. The normalized spacial score (nSPS) is 15.7. The van der Waals surface area contributed by atoms with E-state index in [1.54, 1.807) is 69.3 Å². The number of benzene rings is 4. The van der Waals surface area contributed by atoms with Crippen LogP contribution >= 0.6 is 0 Å². The molecule has 4 aromatic carbocycles. The molecule has 2 aliphatic rings. The number of carboxylic acid groups (broad SMARTS) is 2. The van der Waals surface area contributed by atoms with Gasteiger partial charge >= 0.3 is 18.0 Å². The molecule has 4 aromatic rings. The molecular formula is C66H85N10O10+. The number of azo groups is 1. The van der Waals surface area contributed by atoms with Crippen LogP contribution < -0.4 is 37.2 Å². The van der Waals surface area contributed by atoms with Crippen LogP contribution in [0.4, 0.5) is 38.9 Å². The molecule has 86 heavy (non-hydrogen) atoms. The minimum atomic E-state index is -1.49. The van der Waals surface area contributed by atoms with Gasteiger partial charge in [-0.3, -0.25) is 24.0 Å². The lowest BCUT2D eigenvalue weighted by Gasteiger charge is -2.23. The van der Waals surface area contributed by atoms with Crippen LogP contribution in [-0.2, 0) is 44.3 Å². The van der Waals surface area contributed by atoms with Crippen molar-refractivity contribution < 1.29 is 53.1 Å². The Morgan fingerprint density at radius 1 is 0.674 bits per heavy atom. The van der Waals surface area contributed by atoms with Crippen LogP contribution in [0.5, 0.6) is 0 Å². The van der Waals surface area contributed by atoms with E-state index in [0.29, 0.717) is 55.0 Å². The van der Waals surface area contributed by atoms with Gasteiger partial charge in [-0.1, -0.05) is 68.5 Å². The largest absolute Gasteiger partial charge is 0.481 e. The number of hydrogen-bond acceptors (Lipinski definition) is 12. The van der Waals surface area contributed by atoms with Crippen LogP contribution in [0.25, 0.3) is 0 Å². The highest BCUT2D eigenvalue weighted by Crippen LogP contribution is 2.46. The summed E-state index contributed by atoms with van der Waals surface area (Å²) in [5.74, 6) is -5.06. The van der Waals surface area contributed by atoms with E-state index in [2.05, 4.69) is 160 Å². The summed E-state index contributed by atoms with van der Waals surface area (Å²) in [6, 6.07) is 28.0. The molecule has 0 saturated heterocycles. The van der Waals surface area contributed by atoms with Gasteiger partial charge in [0.25, 0.3) is 0 Å². The van der Waals surface area contributed by atoms with Crippen molar-refractivity contribution in [3.05, 3.63) is 144 Å². The molecule has 5 amide bonds. The van der Waals surface area contributed by atoms with E-state index in [1.165, 1.54) is 33.9 Å². The third-order valence-corrected chi connectivity index (χ3v) is 15.2. The zero-order valence-electron chi connectivity index (χ0n) is 50.8. The quantitative estimate of drug-likeness (QED) is 0.0105. The molecule has 0 fully saturated rings. The molecule has 20 nitrogen and oxygen atoms in total. The van der Waals surface area contributed by atoms with Crippen molar-refractivity contribution in [1.82, 2.24) is 16.0 Å². The molecule has 2 aliphatic heterocycles. The Labute approximate surface area is 504 Å². The highest BCUT2D eigenvalue weighted by Gasteiger charge is 2.44. The van der Waals surface area contributed by atoms with E-state index in [-0.39, 0.29) is 54.9 Å². The number of unbranched alkanes of at least 4 members (excludes halogenated alkanes) is 3. The number of aliphatic carboxylic acids is 2. The van der Waals surface area contributed by atoms with E-state index in [9.17, 15) is 43.8 Å². The van der Waals surface area contributed by atoms with Gasteiger partial charge in [0.15, 0.2) is 5.71 Å². The average molecular weight is 1180 g/mol. The number of alkyl carbamates (subject to hydrolysis) is 1. The van der Waals surface area contributed by atoms with Crippen molar-refractivity contribution in [2.75, 3.05) is 42.2 Å². The first-order chi connectivity index (χ1) is 40.8. The van der Waals surface area contributed by atoms with Gasteiger partial charge in [-0.05, 0) is 152 Å². The zero-order valence-corrected chi connectivity index (χ0v) is 50.8. The summed E-state index contributed by atoms with van der Waals surface area (Å²) in [4.78, 5) is 88.7. The van der Waals surface area contributed by atoms with Gasteiger partial charge in [0.05, 0.1) is 35.3 Å². The zero-order chi connectivity index (χ0) is 62.6. The fourth-order valence-electron chi connectivity index (χ4n) is 10.6. The number of fused-ring (bicyclic) bond motifs is 2. The number of hydrogen-bond donors (Lipinski definition) is 8. The Morgan fingerprint density at radius 2 is 1.29 bits per heavy atom. The van der Waals surface area contributed by atoms with E-state index in [0.717, 1.165) is 25.8 Å². The van der Waals surface area contributed by atoms with E-state index >= 15 is 0 Å². The first kappa shape index (κ1) is 66.4. The second kappa shape index (κ2) is 30.9. The number of rotatable bonds is 30. The third-order valence-electron chi connectivity index (χ3n) is 15.2. The van der Waals surface area contributed by atoms with Gasteiger partial charge in [0.1, 0.15) is 18.2 Å². The number of carbonyl (C=O) groups excluding carboxylic acids is 5. The molecule has 0 unspecified atom stereocenters. The summed E-state index contributed by atoms with van der Waals surface area (Å²) in [5, 5.41) is 40.9. The Kier molecular flexibility index (Phi) is 23.8. The Balaban J connectivity index is 0.822. The number of likely N-dealkylation sites (N-methyl/N-ethyl adjacent to an activating group) is 1. The number of ether oxygens (including phenoxy) is 1. The summed E-state index contributed by atoms with van der Waals surface area (Å²) >= 11 is 0. The molecule has 3 atom stereocenters. The van der Waals surface area contributed by atoms with Gasteiger partial charge < -0.3 is 52.2 Å². The molecule has 458 valence electrons. The number of nitrogens with one attached hydrogen (secondary N) is 5. The molecule has 0 aliphatic carbocycles. The van der Waals surface area contributed by atoms with Crippen LogP contribution in [0.3, 0.4) is 0 Å². The fourth-order valence-corrected chi connectivity index (χ4v) is 10.6. The Bertz CT molecular complexity index is 3210. The third kappa shape index (κ3) is 19.4. The average Bonchev–Trinajstić information content (AvgIpc) is 1.65. The highest BCUT2D eigenvalue weighted by atomic mass is 16.6. The SMILES string of the molecule is CN1\C(=C/C=C/C=C/C2=[N+](CCCCCC(=O)NCCCC[C@H](N)C(=O)NCC(=O)Nc3ccc(/N=N/c4ccc(NC(=O)CCC[C@@H](C[C@H](NC(=O)OC(C)(C)C)C(=O)O)C(=O)O)cc4)cc3)c3ccccc3C2(C)C)C(C)(C)c2ccccc21. The topological polar surface area (TPSA) is 286 Å². The summed E-state index contributed by atoms with van der Waals surface area (Å²) in [5.41, 5.74) is 14.6. The van der Waals surface area contributed by atoms with Crippen molar-refractivity contribution >= 4 is 81.5 Å². The van der Waals surface area contributed by atoms with Crippen molar-refractivity contribution in [3.63, 3.8) is 0 Å². The highest BCUT2D eigenvalue weighted by molar-refractivity contribution is 6.03. The molecule has 0 spiro atoms. The Morgan fingerprint density at radius 3 is 1.92 bits per heavy atom. The maximum Gasteiger partial charge on any atom is 0.408 e. The van der Waals surface area contributed by atoms with Crippen LogP contribution in [0.15, 0.2) is 143 Å². The predicted octanol–water partition coefficient (Wildman–Crippen LogP) is 11.0. The van der Waals surface area contributed by atoms with Crippen LogP contribution in [0.2, 0.25) is 0 Å². The van der Waals surface area contributed by atoms with Gasteiger partial charge in [0.2, 0.25) is 29.3 Å². The smallest absolute Gasteiger partial charge is 0.408 e. The molecule has 2 heterocycles. The van der Waals surface area contributed by atoms with E-state index < -0.39 is 53.4 Å². The molecule has 6 rings (SSSR count). The van der Waals surface area contributed by atoms with E-state index in [4.69, 9.17) is 10.5 Å². The van der Waals surface area contributed by atoms with Crippen molar-refractivity contribution in [1.29, 1.82) is 0 Å². The maximum atomic E-state index is 12.7. The lowest BCUT2D eigenvalue weighted by atomic mass is 9.81. The fraction of sp³-hybridized carbons (Fsp3) is 0.424. The van der Waals surface area contributed by atoms with Crippen LogP contribution in [0, 0.1) is 5.92 Å². The number of nitrogens with two attached hydrogens (primary N) is 1. The van der Waals surface area contributed by atoms with Crippen molar-refractivity contribution in [2.24, 2.45) is 21.9 Å². The number of carboxylic acids is 2. The van der Waals surface area contributed by atoms with Crippen LogP contribution in [0.1, 0.15) is 130 Å². The number of anilines is 3. The summed E-state index contributed by atoms with van der Waals surface area (Å²) < 4.78 is 7.52. The molecule has 0 saturated carbocycles. The molecular weight excluding hydrogens is 1090 g/mol. The van der Waals surface area contributed by atoms with Crippen LogP contribution in [-0.4, -0.2) is 107 Å². The first-order valence-corrected chi connectivity index (χ1v) is 29.4. The van der Waals surface area contributed by atoms with Gasteiger partial charge in [-0.25, -0.2) is 9.59 Å². The number of carbonyl (C=O) groups is 7. The number of allylic oxidation sites excluding steroid dienone is 6. The molecule has 0 aromatic heterocycles.